The van der Waals surface area contributed by atoms with Crippen molar-refractivity contribution >= 4 is 47.5 Å². The highest BCUT2D eigenvalue weighted by Crippen LogP contribution is 2.10. The lowest BCUT2D eigenvalue weighted by atomic mass is 10.0. The second-order valence-corrected chi connectivity index (χ2v) is 5.36. The number of ether oxygens (including phenoxy) is 2. The number of hydrogen-bond acceptors (Lipinski definition) is 6. The molecule has 0 fully saturated rings. The van der Waals surface area contributed by atoms with Gasteiger partial charge in [0.15, 0.2) is 12.4 Å². The fourth-order valence-corrected chi connectivity index (χ4v) is 2.06. The van der Waals surface area contributed by atoms with Crippen LogP contribution in [-0.4, -0.2) is 30.2 Å². The summed E-state index contributed by atoms with van der Waals surface area (Å²) < 4.78 is 9.78. The van der Waals surface area contributed by atoms with E-state index in [4.69, 9.17) is 15.9 Å². The number of benzene rings is 2. The Hall–Kier alpha value is -2.75. The van der Waals surface area contributed by atoms with Gasteiger partial charge < -0.3 is 15.2 Å². The molecule has 0 amide bonds. The highest BCUT2D eigenvalue weighted by Gasteiger charge is 2.14. The molecular weight excluding hydrogens is 463 g/mol. The molecule has 3 N–H and O–H groups in total. The van der Waals surface area contributed by atoms with Gasteiger partial charge in [0, 0.05) is 17.5 Å². The lowest BCUT2D eigenvalue weighted by molar-refractivity contribution is -0.161. The molecule has 0 unspecified atom stereocenters. The van der Waals surface area contributed by atoms with Crippen molar-refractivity contribution < 1.29 is 23.9 Å². The summed E-state index contributed by atoms with van der Waals surface area (Å²) in [5.41, 5.74) is 6.24. The van der Waals surface area contributed by atoms with E-state index in [2.05, 4.69) is 4.74 Å². The fraction of sp³-hybridized carbons (Fsp3) is 0.158. The Bertz CT molecular complexity index is 807. The number of hydrogen-bond donors (Lipinski definition) is 2. The van der Waals surface area contributed by atoms with Crippen LogP contribution in [0.25, 0.3) is 0 Å². The lowest BCUT2D eigenvalue weighted by Gasteiger charge is -2.06. The molecule has 0 heterocycles. The van der Waals surface area contributed by atoms with Crippen LogP contribution >= 0.6 is 24.0 Å². The molecular formula is C19H19IN2O5. The third-order valence-electron chi connectivity index (χ3n) is 3.40. The smallest absolute Gasteiger partial charge is 0.351 e. The average Bonchev–Trinajstić information content (AvgIpc) is 2.65. The molecule has 0 saturated heterocycles. The summed E-state index contributed by atoms with van der Waals surface area (Å²) in [5.74, 6) is -1.49. The third kappa shape index (κ3) is 7.57. The standard InChI is InChI=1S/C19H18N2O5.HI/c20-19(21)14-8-6-13(7-9-14)16(22)10-11-17(23)26-18(24)12-25-15-4-2-1-3-5-15;/h1-9H,10-12H2,(H3,20,21);1H. The number of para-hydroxylation sites is 1. The van der Waals surface area contributed by atoms with Crippen LogP contribution in [-0.2, 0) is 14.3 Å². The molecule has 2 rings (SSSR count). The van der Waals surface area contributed by atoms with Gasteiger partial charge in [-0.05, 0) is 12.1 Å². The molecule has 0 bridgehead atoms. The first-order valence-electron chi connectivity index (χ1n) is 7.84. The normalized spacial score (nSPS) is 9.63. The number of carbonyl (C=O) groups excluding carboxylic acids is 3. The maximum absolute atomic E-state index is 12.0. The Balaban J connectivity index is 0.00000364. The minimum atomic E-state index is -0.822. The van der Waals surface area contributed by atoms with Crippen LogP contribution in [0.2, 0.25) is 0 Å². The van der Waals surface area contributed by atoms with Crippen LogP contribution in [0.15, 0.2) is 54.6 Å². The van der Waals surface area contributed by atoms with Gasteiger partial charge >= 0.3 is 11.9 Å². The van der Waals surface area contributed by atoms with Gasteiger partial charge in [0.1, 0.15) is 11.6 Å². The van der Waals surface area contributed by atoms with E-state index in [1.807, 2.05) is 0 Å². The zero-order valence-electron chi connectivity index (χ0n) is 14.3. The molecule has 0 saturated carbocycles. The van der Waals surface area contributed by atoms with E-state index < -0.39 is 18.5 Å². The van der Waals surface area contributed by atoms with E-state index in [9.17, 15) is 14.4 Å². The number of esters is 2. The van der Waals surface area contributed by atoms with E-state index >= 15 is 0 Å². The van der Waals surface area contributed by atoms with Crippen LogP contribution in [0.4, 0.5) is 0 Å². The average molecular weight is 482 g/mol. The van der Waals surface area contributed by atoms with E-state index in [1.165, 1.54) is 12.1 Å². The van der Waals surface area contributed by atoms with Gasteiger partial charge in [0.2, 0.25) is 0 Å². The highest BCUT2D eigenvalue weighted by atomic mass is 127. The number of carbonyl (C=O) groups is 3. The minimum absolute atomic E-state index is 0. The first kappa shape index (κ1) is 22.3. The molecule has 142 valence electrons. The highest BCUT2D eigenvalue weighted by molar-refractivity contribution is 14.0. The number of ketones is 1. The number of nitrogens with one attached hydrogen (secondary N) is 1. The number of nitrogen functional groups attached to an aromatic ring is 1. The topological polar surface area (TPSA) is 120 Å². The molecule has 0 radical (unpaired) electrons. The van der Waals surface area contributed by atoms with Crippen molar-refractivity contribution in [2.45, 2.75) is 12.8 Å². The summed E-state index contributed by atoms with van der Waals surface area (Å²) >= 11 is 0. The Labute approximate surface area is 173 Å². The van der Waals surface area contributed by atoms with E-state index in [0.29, 0.717) is 16.9 Å². The zero-order chi connectivity index (χ0) is 18.9. The molecule has 2 aromatic carbocycles. The van der Waals surface area contributed by atoms with Gasteiger partial charge in [0.25, 0.3) is 0 Å². The quantitative estimate of drug-likeness (QED) is 0.149. The molecule has 2 aromatic rings. The molecule has 0 aliphatic rings. The Morgan fingerprint density at radius 1 is 0.852 bits per heavy atom. The van der Waals surface area contributed by atoms with Crippen LogP contribution in [0, 0.1) is 5.41 Å². The lowest BCUT2D eigenvalue weighted by Crippen LogP contribution is -2.19. The fourth-order valence-electron chi connectivity index (χ4n) is 2.06. The van der Waals surface area contributed by atoms with Crippen molar-refractivity contribution in [1.82, 2.24) is 0 Å². The molecule has 0 atom stereocenters. The van der Waals surface area contributed by atoms with Gasteiger partial charge in [0.05, 0.1) is 6.42 Å². The van der Waals surface area contributed by atoms with Crippen molar-refractivity contribution in [3.8, 4) is 5.75 Å². The summed E-state index contributed by atoms with van der Waals surface area (Å²) in [6.07, 6.45) is -0.310. The predicted octanol–water partition coefficient (Wildman–Crippen LogP) is 2.70. The van der Waals surface area contributed by atoms with Gasteiger partial charge in [-0.2, -0.15) is 0 Å². The predicted molar refractivity (Wildman–Crippen MR) is 109 cm³/mol. The van der Waals surface area contributed by atoms with Gasteiger partial charge in [-0.3, -0.25) is 15.0 Å². The van der Waals surface area contributed by atoms with Crippen LogP contribution in [0.5, 0.6) is 5.75 Å². The number of Topliss-reactive ketones (excluding diaryl/α,β-unsaturated/α-hetero) is 1. The van der Waals surface area contributed by atoms with Gasteiger partial charge in [-0.1, -0.05) is 42.5 Å². The molecule has 0 aromatic heterocycles. The van der Waals surface area contributed by atoms with Crippen molar-refractivity contribution in [1.29, 1.82) is 5.41 Å². The number of rotatable bonds is 8. The molecule has 27 heavy (non-hydrogen) atoms. The Morgan fingerprint density at radius 2 is 1.44 bits per heavy atom. The molecule has 8 heteroatoms. The molecule has 7 nitrogen and oxygen atoms in total. The third-order valence-corrected chi connectivity index (χ3v) is 3.40. The maximum atomic E-state index is 12.0. The first-order valence-corrected chi connectivity index (χ1v) is 7.84. The number of halogens is 1. The monoisotopic (exact) mass is 482 g/mol. The SMILES string of the molecule is I.N=C(N)c1ccc(C(=O)CCC(=O)OC(=O)COc2ccccc2)cc1. The number of nitrogens with two attached hydrogens (primary N) is 1. The van der Waals surface area contributed by atoms with Crippen molar-refractivity contribution in [3.63, 3.8) is 0 Å². The van der Waals surface area contributed by atoms with Crippen molar-refractivity contribution in [3.05, 3.63) is 65.7 Å². The minimum Gasteiger partial charge on any atom is -0.482 e. The Morgan fingerprint density at radius 3 is 2.04 bits per heavy atom. The van der Waals surface area contributed by atoms with E-state index in [0.717, 1.165) is 0 Å². The van der Waals surface area contributed by atoms with E-state index in [1.54, 1.807) is 42.5 Å². The summed E-state index contributed by atoms with van der Waals surface area (Å²) in [6.45, 7) is -0.393. The number of amidine groups is 1. The summed E-state index contributed by atoms with van der Waals surface area (Å²) in [7, 11) is 0. The maximum Gasteiger partial charge on any atom is 0.351 e. The zero-order valence-corrected chi connectivity index (χ0v) is 16.7. The largest absolute Gasteiger partial charge is 0.482 e. The first-order chi connectivity index (χ1) is 12.5. The van der Waals surface area contributed by atoms with Crippen LogP contribution < -0.4 is 10.5 Å². The second-order valence-electron chi connectivity index (χ2n) is 5.36. The van der Waals surface area contributed by atoms with Crippen LogP contribution in [0.1, 0.15) is 28.8 Å². The molecule has 0 spiro atoms. The summed E-state index contributed by atoms with van der Waals surface area (Å²) in [6, 6.07) is 14.8. The van der Waals surface area contributed by atoms with Crippen molar-refractivity contribution in [2.75, 3.05) is 6.61 Å². The van der Waals surface area contributed by atoms with Crippen molar-refractivity contribution in [2.24, 2.45) is 5.73 Å². The van der Waals surface area contributed by atoms with Crippen LogP contribution in [0.3, 0.4) is 0 Å². The van der Waals surface area contributed by atoms with E-state index in [-0.39, 0.29) is 48.4 Å². The molecule has 0 aliphatic carbocycles. The molecule has 0 aliphatic heterocycles. The second kappa shape index (κ2) is 11.1. The van der Waals surface area contributed by atoms with Gasteiger partial charge in [-0.15, -0.1) is 24.0 Å². The summed E-state index contributed by atoms with van der Waals surface area (Å²) in [4.78, 5) is 35.2. The van der Waals surface area contributed by atoms with Gasteiger partial charge in [-0.25, -0.2) is 4.79 Å². The Kier molecular flexibility index (Phi) is 9.14. The summed E-state index contributed by atoms with van der Waals surface area (Å²) in [5, 5.41) is 7.29.